The Labute approximate surface area is 120 Å². The molecule has 0 aromatic rings. The lowest BCUT2D eigenvalue weighted by atomic mass is 10.2. The molecule has 0 aliphatic heterocycles. The normalized spacial score (nSPS) is 14.1. The van der Waals surface area contributed by atoms with Crippen LogP contribution in [0.4, 0.5) is 0 Å². The lowest BCUT2D eigenvalue weighted by Crippen LogP contribution is -2.26. The van der Waals surface area contributed by atoms with E-state index in [1.165, 1.54) is 0 Å². The fraction of sp³-hybridized carbons (Fsp3) is 0.857. The van der Waals surface area contributed by atoms with Gasteiger partial charge in [-0.05, 0) is 19.8 Å². The standard InChI is InChI=1S/C14H26O6/c1-10(2)7-18-8-11(3)19-9-12(4)20-14(17)6-5-13(15)16/h10-12H,5-9H2,1-4H3,(H,15,16). The van der Waals surface area contributed by atoms with Crippen LogP contribution in [-0.4, -0.2) is 49.1 Å². The molecule has 0 bridgehead atoms. The Morgan fingerprint density at radius 1 is 0.950 bits per heavy atom. The summed E-state index contributed by atoms with van der Waals surface area (Å²) >= 11 is 0. The molecule has 0 aromatic heterocycles. The number of carboxylic acids is 1. The van der Waals surface area contributed by atoms with Gasteiger partial charge >= 0.3 is 11.9 Å². The Kier molecular flexibility index (Phi) is 10.0. The van der Waals surface area contributed by atoms with Gasteiger partial charge < -0.3 is 19.3 Å². The fourth-order valence-electron chi connectivity index (χ4n) is 1.34. The largest absolute Gasteiger partial charge is 0.481 e. The van der Waals surface area contributed by atoms with Crippen LogP contribution >= 0.6 is 0 Å². The third-order valence-corrected chi connectivity index (χ3v) is 2.29. The number of carboxylic acid groups (broad SMARTS) is 1. The van der Waals surface area contributed by atoms with Gasteiger partial charge in [0.25, 0.3) is 0 Å². The molecule has 0 fully saturated rings. The molecule has 2 unspecified atom stereocenters. The Balaban J connectivity index is 3.67. The minimum Gasteiger partial charge on any atom is -0.481 e. The van der Waals surface area contributed by atoms with Crippen LogP contribution in [0.2, 0.25) is 0 Å². The number of carbonyl (C=O) groups is 2. The zero-order valence-electron chi connectivity index (χ0n) is 12.8. The van der Waals surface area contributed by atoms with Gasteiger partial charge in [0.1, 0.15) is 6.10 Å². The maximum Gasteiger partial charge on any atom is 0.306 e. The first-order valence-corrected chi connectivity index (χ1v) is 6.91. The van der Waals surface area contributed by atoms with Gasteiger partial charge in [0.15, 0.2) is 0 Å². The minimum atomic E-state index is -1.01. The van der Waals surface area contributed by atoms with E-state index in [1.807, 2.05) is 6.92 Å². The van der Waals surface area contributed by atoms with E-state index in [0.717, 1.165) is 0 Å². The molecule has 0 aromatic carbocycles. The van der Waals surface area contributed by atoms with Crippen molar-refractivity contribution in [2.45, 2.75) is 52.7 Å². The molecule has 0 heterocycles. The molecule has 118 valence electrons. The molecule has 0 aliphatic rings. The summed E-state index contributed by atoms with van der Waals surface area (Å²) in [6, 6.07) is 0. The summed E-state index contributed by atoms with van der Waals surface area (Å²) in [5.41, 5.74) is 0. The predicted octanol–water partition coefficient (Wildman–Crippen LogP) is 1.86. The van der Waals surface area contributed by atoms with Crippen molar-refractivity contribution in [3.8, 4) is 0 Å². The molecule has 0 saturated heterocycles. The molecular weight excluding hydrogens is 264 g/mol. The zero-order valence-corrected chi connectivity index (χ0v) is 12.8. The van der Waals surface area contributed by atoms with Gasteiger partial charge in [-0.15, -0.1) is 0 Å². The van der Waals surface area contributed by atoms with Crippen LogP contribution in [0.25, 0.3) is 0 Å². The van der Waals surface area contributed by atoms with Gasteiger partial charge in [0.05, 0.1) is 32.2 Å². The number of rotatable bonds is 11. The van der Waals surface area contributed by atoms with Crippen LogP contribution < -0.4 is 0 Å². The van der Waals surface area contributed by atoms with Crippen LogP contribution in [0, 0.1) is 5.92 Å². The second-order valence-corrected chi connectivity index (χ2v) is 5.27. The van der Waals surface area contributed by atoms with E-state index in [4.69, 9.17) is 19.3 Å². The Bertz CT molecular complexity index is 289. The van der Waals surface area contributed by atoms with Gasteiger partial charge in [0, 0.05) is 6.61 Å². The van der Waals surface area contributed by atoms with E-state index in [9.17, 15) is 9.59 Å². The highest BCUT2D eigenvalue weighted by Crippen LogP contribution is 2.02. The minimum absolute atomic E-state index is 0.0751. The van der Waals surface area contributed by atoms with Crippen molar-refractivity contribution in [2.75, 3.05) is 19.8 Å². The van der Waals surface area contributed by atoms with E-state index in [1.54, 1.807) is 6.92 Å². The molecule has 0 saturated carbocycles. The Morgan fingerprint density at radius 3 is 2.15 bits per heavy atom. The highest BCUT2D eigenvalue weighted by molar-refractivity contribution is 5.76. The van der Waals surface area contributed by atoms with Crippen molar-refractivity contribution in [3.63, 3.8) is 0 Å². The SMILES string of the molecule is CC(C)COCC(C)OCC(C)OC(=O)CCC(=O)O. The average Bonchev–Trinajstić information content (AvgIpc) is 2.33. The molecule has 0 amide bonds. The number of esters is 1. The fourth-order valence-corrected chi connectivity index (χ4v) is 1.34. The summed E-state index contributed by atoms with van der Waals surface area (Å²) in [6.45, 7) is 9.20. The summed E-state index contributed by atoms with van der Waals surface area (Å²) in [6.07, 6.45) is -0.809. The highest BCUT2D eigenvalue weighted by atomic mass is 16.6. The molecule has 6 nitrogen and oxygen atoms in total. The molecule has 0 radical (unpaired) electrons. The summed E-state index contributed by atoms with van der Waals surface area (Å²) in [7, 11) is 0. The molecule has 0 rings (SSSR count). The lowest BCUT2D eigenvalue weighted by Gasteiger charge is -2.18. The molecule has 2 atom stereocenters. The zero-order chi connectivity index (χ0) is 15.5. The van der Waals surface area contributed by atoms with Gasteiger partial charge in [-0.2, -0.15) is 0 Å². The third kappa shape index (κ3) is 11.9. The highest BCUT2D eigenvalue weighted by Gasteiger charge is 2.13. The van der Waals surface area contributed by atoms with Crippen LogP contribution in [0.15, 0.2) is 0 Å². The number of carbonyl (C=O) groups excluding carboxylic acids is 1. The van der Waals surface area contributed by atoms with Gasteiger partial charge in [0.2, 0.25) is 0 Å². The van der Waals surface area contributed by atoms with Gasteiger partial charge in [-0.3, -0.25) is 9.59 Å². The van der Waals surface area contributed by atoms with E-state index >= 15 is 0 Å². The summed E-state index contributed by atoms with van der Waals surface area (Å²) < 4.78 is 16.0. The van der Waals surface area contributed by atoms with Gasteiger partial charge in [-0.25, -0.2) is 0 Å². The van der Waals surface area contributed by atoms with E-state index < -0.39 is 18.0 Å². The first-order chi connectivity index (χ1) is 9.31. The molecule has 6 heteroatoms. The predicted molar refractivity (Wildman–Crippen MR) is 73.5 cm³/mol. The van der Waals surface area contributed by atoms with E-state index in [-0.39, 0.29) is 25.6 Å². The van der Waals surface area contributed by atoms with Crippen molar-refractivity contribution in [1.82, 2.24) is 0 Å². The number of hydrogen-bond acceptors (Lipinski definition) is 5. The number of ether oxygens (including phenoxy) is 3. The van der Waals surface area contributed by atoms with Crippen LogP contribution in [0.1, 0.15) is 40.5 Å². The van der Waals surface area contributed by atoms with Crippen molar-refractivity contribution in [1.29, 1.82) is 0 Å². The second-order valence-electron chi connectivity index (χ2n) is 5.27. The molecular formula is C14H26O6. The monoisotopic (exact) mass is 290 g/mol. The maximum atomic E-state index is 11.3. The van der Waals surface area contributed by atoms with Gasteiger partial charge in [-0.1, -0.05) is 13.8 Å². The summed E-state index contributed by atoms with van der Waals surface area (Å²) in [5, 5.41) is 8.45. The molecule has 20 heavy (non-hydrogen) atoms. The molecule has 0 aliphatic carbocycles. The first kappa shape index (κ1) is 18.9. The topological polar surface area (TPSA) is 82.1 Å². The average molecular weight is 290 g/mol. The van der Waals surface area contributed by atoms with Crippen molar-refractivity contribution < 1.29 is 28.9 Å². The number of hydrogen-bond donors (Lipinski definition) is 1. The summed E-state index contributed by atoms with van der Waals surface area (Å²) in [4.78, 5) is 21.6. The van der Waals surface area contributed by atoms with Crippen LogP contribution in [0.5, 0.6) is 0 Å². The van der Waals surface area contributed by atoms with Crippen molar-refractivity contribution >= 4 is 11.9 Å². The van der Waals surface area contributed by atoms with Crippen molar-refractivity contribution in [3.05, 3.63) is 0 Å². The molecule has 1 N–H and O–H groups in total. The van der Waals surface area contributed by atoms with E-state index in [2.05, 4.69) is 13.8 Å². The second kappa shape index (κ2) is 10.6. The molecule has 0 spiro atoms. The third-order valence-electron chi connectivity index (χ3n) is 2.29. The van der Waals surface area contributed by atoms with E-state index in [0.29, 0.717) is 19.1 Å². The van der Waals surface area contributed by atoms with Crippen LogP contribution in [0.3, 0.4) is 0 Å². The Hall–Kier alpha value is -1.14. The quantitative estimate of drug-likeness (QED) is 0.585. The summed E-state index contributed by atoms with van der Waals surface area (Å²) in [5.74, 6) is -1.05. The Morgan fingerprint density at radius 2 is 1.60 bits per heavy atom. The lowest BCUT2D eigenvalue weighted by molar-refractivity contribution is -0.155. The number of aliphatic carboxylic acids is 1. The maximum absolute atomic E-state index is 11.3. The van der Waals surface area contributed by atoms with Crippen LogP contribution in [-0.2, 0) is 23.8 Å². The van der Waals surface area contributed by atoms with Crippen molar-refractivity contribution in [2.24, 2.45) is 5.92 Å². The smallest absolute Gasteiger partial charge is 0.306 e. The first-order valence-electron chi connectivity index (χ1n) is 6.91.